The minimum Gasteiger partial charge on any atom is -0.355 e. The Kier molecular flexibility index (Phi) is 7.76. The van der Waals surface area contributed by atoms with E-state index in [2.05, 4.69) is 15.4 Å². The number of benzene rings is 1. The minimum absolute atomic E-state index is 0. The van der Waals surface area contributed by atoms with E-state index in [0.717, 1.165) is 13.1 Å². The molecule has 0 aromatic heterocycles. The van der Waals surface area contributed by atoms with Crippen molar-refractivity contribution < 1.29 is 13.2 Å². The van der Waals surface area contributed by atoms with Gasteiger partial charge >= 0.3 is 0 Å². The topological polar surface area (TPSA) is 87.3 Å². The number of halogens is 2. The van der Waals surface area contributed by atoms with Gasteiger partial charge in [-0.25, -0.2) is 13.1 Å². The molecule has 130 valence electrons. The quantitative estimate of drug-likeness (QED) is 0.615. The fraction of sp³-hybridized carbons (Fsp3) is 0.500. The Bertz CT molecular complexity index is 636. The van der Waals surface area contributed by atoms with Crippen LogP contribution in [0, 0.1) is 11.8 Å². The summed E-state index contributed by atoms with van der Waals surface area (Å²) in [6, 6.07) is 6.04. The third-order valence-corrected chi connectivity index (χ3v) is 5.45. The van der Waals surface area contributed by atoms with E-state index in [-0.39, 0.29) is 42.2 Å². The molecule has 1 aromatic carbocycles. The summed E-state index contributed by atoms with van der Waals surface area (Å²) < 4.78 is 26.5. The summed E-state index contributed by atoms with van der Waals surface area (Å²) in [7, 11) is -3.61. The zero-order valence-corrected chi connectivity index (χ0v) is 15.1. The summed E-state index contributed by atoms with van der Waals surface area (Å²) in [5, 5.41) is 6.23. The number of amides is 1. The first kappa shape index (κ1) is 20.2. The summed E-state index contributed by atoms with van der Waals surface area (Å²) in [5.41, 5.74) is 0. The molecule has 1 aliphatic heterocycles. The van der Waals surface area contributed by atoms with Crippen LogP contribution in [0.3, 0.4) is 0 Å². The number of carbonyl (C=O) groups excluding carboxylic acids is 1. The number of hydrogen-bond acceptors (Lipinski definition) is 4. The SMILES string of the molecule is CC(C(=O)NCCNS(=O)(=O)c1cccc(Cl)c1)C1CNC1.Cl. The molecule has 2 rings (SSSR count). The molecule has 1 unspecified atom stereocenters. The van der Waals surface area contributed by atoms with Crippen molar-refractivity contribution >= 4 is 39.9 Å². The second-order valence-electron chi connectivity index (χ2n) is 5.35. The molecule has 6 nitrogen and oxygen atoms in total. The lowest BCUT2D eigenvalue weighted by atomic mass is 9.88. The lowest BCUT2D eigenvalue weighted by Gasteiger charge is -2.31. The lowest BCUT2D eigenvalue weighted by molar-refractivity contribution is -0.126. The van der Waals surface area contributed by atoms with E-state index in [4.69, 9.17) is 11.6 Å². The fourth-order valence-electron chi connectivity index (χ4n) is 2.13. The van der Waals surface area contributed by atoms with Crippen molar-refractivity contribution in [3.8, 4) is 0 Å². The van der Waals surface area contributed by atoms with Gasteiger partial charge in [0.2, 0.25) is 15.9 Å². The van der Waals surface area contributed by atoms with Gasteiger partial charge in [-0.3, -0.25) is 4.79 Å². The first-order valence-corrected chi connectivity index (χ1v) is 9.00. The molecule has 9 heteroatoms. The Morgan fingerprint density at radius 2 is 2.09 bits per heavy atom. The van der Waals surface area contributed by atoms with Crippen LogP contribution >= 0.6 is 24.0 Å². The summed E-state index contributed by atoms with van der Waals surface area (Å²) in [4.78, 5) is 12.0. The van der Waals surface area contributed by atoms with Crippen molar-refractivity contribution in [3.05, 3.63) is 29.3 Å². The minimum atomic E-state index is -3.61. The highest BCUT2D eigenvalue weighted by molar-refractivity contribution is 7.89. The summed E-state index contributed by atoms with van der Waals surface area (Å²) in [5.74, 6) is 0.252. The van der Waals surface area contributed by atoms with Gasteiger partial charge in [-0.2, -0.15) is 0 Å². The Labute approximate surface area is 147 Å². The first-order valence-electron chi connectivity index (χ1n) is 7.14. The van der Waals surface area contributed by atoms with Gasteiger partial charge in [0.05, 0.1) is 4.90 Å². The lowest BCUT2D eigenvalue weighted by Crippen LogP contribution is -2.50. The summed E-state index contributed by atoms with van der Waals surface area (Å²) in [6.45, 7) is 3.99. The van der Waals surface area contributed by atoms with E-state index in [0.29, 0.717) is 10.9 Å². The Balaban J connectivity index is 0.00000264. The normalized spacial score (nSPS) is 16.1. The van der Waals surface area contributed by atoms with Crippen molar-refractivity contribution in [3.63, 3.8) is 0 Å². The third kappa shape index (κ3) is 5.61. The molecule has 0 spiro atoms. The maximum atomic E-state index is 12.0. The standard InChI is InChI=1S/C14H20ClN3O3S.ClH/c1-10(11-8-16-9-11)14(19)17-5-6-18-22(20,21)13-4-2-3-12(15)7-13;/h2-4,7,10-11,16,18H,5-6,8-9H2,1H3,(H,17,19);1H. The average molecular weight is 382 g/mol. The number of carbonyl (C=O) groups is 1. The summed E-state index contributed by atoms with van der Waals surface area (Å²) in [6.07, 6.45) is 0. The molecule has 0 aliphatic carbocycles. The second-order valence-corrected chi connectivity index (χ2v) is 7.56. The highest BCUT2D eigenvalue weighted by atomic mass is 35.5. The van der Waals surface area contributed by atoms with Crippen LogP contribution in [0.4, 0.5) is 0 Å². The molecule has 3 N–H and O–H groups in total. The van der Waals surface area contributed by atoms with E-state index in [1.807, 2.05) is 6.92 Å². The van der Waals surface area contributed by atoms with E-state index in [1.165, 1.54) is 12.1 Å². The molecule has 1 aliphatic rings. The maximum Gasteiger partial charge on any atom is 0.240 e. The van der Waals surface area contributed by atoms with Crippen molar-refractivity contribution in [1.82, 2.24) is 15.4 Å². The van der Waals surface area contributed by atoms with Crippen LogP contribution in [-0.2, 0) is 14.8 Å². The third-order valence-electron chi connectivity index (χ3n) is 3.76. The molecular weight excluding hydrogens is 361 g/mol. The van der Waals surface area contributed by atoms with Crippen LogP contribution in [-0.4, -0.2) is 40.5 Å². The molecule has 1 amide bonds. The molecule has 1 aromatic rings. The first-order chi connectivity index (χ1) is 10.4. The molecule has 0 saturated carbocycles. The molecule has 1 saturated heterocycles. The van der Waals surface area contributed by atoms with Gasteiger partial charge in [-0.15, -0.1) is 12.4 Å². The zero-order valence-electron chi connectivity index (χ0n) is 12.7. The molecule has 1 fully saturated rings. The molecule has 0 radical (unpaired) electrons. The second kappa shape index (κ2) is 8.84. The average Bonchev–Trinajstić information content (AvgIpc) is 2.41. The largest absolute Gasteiger partial charge is 0.355 e. The van der Waals surface area contributed by atoms with E-state index < -0.39 is 10.0 Å². The van der Waals surface area contributed by atoms with Gasteiger partial charge in [-0.1, -0.05) is 24.6 Å². The van der Waals surface area contributed by atoms with Crippen molar-refractivity contribution in [2.24, 2.45) is 11.8 Å². The monoisotopic (exact) mass is 381 g/mol. The molecule has 1 heterocycles. The van der Waals surface area contributed by atoms with Crippen molar-refractivity contribution in [2.75, 3.05) is 26.2 Å². The van der Waals surface area contributed by atoms with Gasteiger partial charge in [0, 0.05) is 24.0 Å². The van der Waals surface area contributed by atoms with Crippen LogP contribution in [0.2, 0.25) is 5.02 Å². The zero-order chi connectivity index (χ0) is 16.2. The molecular formula is C14H21Cl2N3O3S. The van der Waals surface area contributed by atoms with Gasteiger partial charge in [0.25, 0.3) is 0 Å². The van der Waals surface area contributed by atoms with Crippen LogP contribution in [0.1, 0.15) is 6.92 Å². The van der Waals surface area contributed by atoms with Gasteiger partial charge in [0.1, 0.15) is 0 Å². The van der Waals surface area contributed by atoms with Crippen molar-refractivity contribution in [2.45, 2.75) is 11.8 Å². The van der Waals surface area contributed by atoms with Crippen LogP contribution < -0.4 is 15.4 Å². The van der Waals surface area contributed by atoms with E-state index in [1.54, 1.807) is 12.1 Å². The van der Waals surface area contributed by atoms with Crippen molar-refractivity contribution in [1.29, 1.82) is 0 Å². The van der Waals surface area contributed by atoms with Crippen LogP contribution in [0.15, 0.2) is 29.2 Å². The Morgan fingerprint density at radius 3 is 2.65 bits per heavy atom. The highest BCUT2D eigenvalue weighted by Crippen LogP contribution is 2.16. The van der Waals surface area contributed by atoms with Gasteiger partial charge < -0.3 is 10.6 Å². The predicted molar refractivity (Wildman–Crippen MR) is 92.4 cm³/mol. The molecule has 0 bridgehead atoms. The van der Waals surface area contributed by atoms with Crippen LogP contribution in [0.5, 0.6) is 0 Å². The van der Waals surface area contributed by atoms with E-state index in [9.17, 15) is 13.2 Å². The Hall–Kier alpha value is -0.860. The van der Waals surface area contributed by atoms with Gasteiger partial charge in [-0.05, 0) is 37.2 Å². The number of rotatable bonds is 7. The fourth-order valence-corrected chi connectivity index (χ4v) is 3.46. The predicted octanol–water partition coefficient (Wildman–Crippen LogP) is 1.01. The molecule has 23 heavy (non-hydrogen) atoms. The smallest absolute Gasteiger partial charge is 0.240 e. The van der Waals surface area contributed by atoms with Gasteiger partial charge in [0.15, 0.2) is 0 Å². The maximum absolute atomic E-state index is 12.0. The highest BCUT2D eigenvalue weighted by Gasteiger charge is 2.28. The number of hydrogen-bond donors (Lipinski definition) is 3. The Morgan fingerprint density at radius 1 is 1.39 bits per heavy atom. The summed E-state index contributed by atoms with van der Waals surface area (Å²) >= 11 is 5.78. The molecule has 1 atom stereocenters. The van der Waals surface area contributed by atoms with E-state index >= 15 is 0 Å². The number of nitrogens with one attached hydrogen (secondary N) is 3. The number of sulfonamides is 1. The van der Waals surface area contributed by atoms with Crippen LogP contribution in [0.25, 0.3) is 0 Å².